The Morgan fingerprint density at radius 3 is 2.24 bits per heavy atom. The van der Waals surface area contributed by atoms with E-state index in [9.17, 15) is 13.0 Å². The molecule has 0 aliphatic heterocycles. The molecule has 4 nitrogen and oxygen atoms in total. The van der Waals surface area contributed by atoms with Gasteiger partial charge in [0.25, 0.3) is 4.93 Å². The van der Waals surface area contributed by atoms with Crippen molar-refractivity contribution in [1.82, 2.24) is 0 Å². The van der Waals surface area contributed by atoms with E-state index >= 15 is 0 Å². The van der Waals surface area contributed by atoms with Crippen LogP contribution in [-0.2, 0) is 15.1 Å². The average Bonchev–Trinajstić information content (AvgIpc) is 2.58. The second kappa shape index (κ2) is 6.59. The van der Waals surface area contributed by atoms with Crippen molar-refractivity contribution in [2.24, 2.45) is 0 Å². The van der Waals surface area contributed by atoms with E-state index in [4.69, 9.17) is 4.74 Å². The van der Waals surface area contributed by atoms with Crippen LogP contribution in [0.4, 0.5) is 0 Å². The van der Waals surface area contributed by atoms with Crippen LogP contribution in [0.25, 0.3) is 16.8 Å². The number of rotatable bonds is 3. The Kier molecular flexibility index (Phi) is 4.79. The van der Waals surface area contributed by atoms with E-state index in [1.807, 2.05) is 24.3 Å². The number of ether oxygens (including phenoxy) is 1. The zero-order valence-corrected chi connectivity index (χ0v) is 13.4. The molecule has 0 saturated heterocycles. The fourth-order valence-corrected chi connectivity index (χ4v) is 4.01. The van der Waals surface area contributed by atoms with E-state index in [1.165, 1.54) is 6.08 Å². The zero-order chi connectivity index (χ0) is 16.8. The number of benzene rings is 3. The Hall–Kier alpha value is -1.63. The molecule has 122 valence electrons. The minimum atomic E-state index is -4.58. The van der Waals surface area contributed by atoms with E-state index in [0.29, 0.717) is 11.3 Å². The van der Waals surface area contributed by atoms with Crippen molar-refractivity contribution in [3.63, 3.8) is 0 Å². The molecular weight excluding hydrogens is 347 g/mol. The van der Waals surface area contributed by atoms with E-state index in [0.717, 1.165) is 16.3 Å². The fraction of sp³-hybridized carbons (Fsp3) is 0.0526. The van der Waals surface area contributed by atoms with Gasteiger partial charge in [-0.3, -0.25) is 4.55 Å². The summed E-state index contributed by atoms with van der Waals surface area (Å²) in [7, 11) is -4.58. The molecule has 0 aromatic heterocycles. The van der Waals surface area contributed by atoms with Gasteiger partial charge in [0.1, 0.15) is 5.75 Å². The summed E-state index contributed by atoms with van der Waals surface area (Å²) < 4.78 is 40.5. The van der Waals surface area contributed by atoms with Gasteiger partial charge in [-0.25, -0.2) is 0 Å². The van der Waals surface area contributed by atoms with E-state index in [2.05, 4.69) is 0 Å². The molecule has 4 rings (SSSR count). The van der Waals surface area contributed by atoms with Crippen molar-refractivity contribution in [3.05, 3.63) is 83.9 Å². The Balaban J connectivity index is 0.00000182. The number of hydrogen-bond donors (Lipinski definition) is 1. The molecule has 1 unspecified atom stereocenters. The number of para-hydroxylation sites is 1. The van der Waals surface area contributed by atoms with Crippen LogP contribution in [0.3, 0.4) is 0 Å². The maximum absolute atomic E-state index is 12.3. The molecule has 0 saturated carbocycles. The van der Waals surface area contributed by atoms with Gasteiger partial charge in [-0.05, 0) is 34.5 Å². The first-order chi connectivity index (χ1) is 11.5. The molecule has 0 heterocycles. The van der Waals surface area contributed by atoms with Crippen LogP contribution in [-0.4, -0.2) is 42.5 Å². The third-order valence-electron chi connectivity index (χ3n) is 4.19. The summed E-state index contributed by atoms with van der Waals surface area (Å²) >= 11 is 0. The van der Waals surface area contributed by atoms with E-state index in [-0.39, 0.29) is 29.6 Å². The van der Waals surface area contributed by atoms with Gasteiger partial charge >= 0.3 is 39.7 Å². The van der Waals surface area contributed by atoms with Crippen molar-refractivity contribution in [2.45, 2.75) is 4.93 Å². The summed E-state index contributed by atoms with van der Waals surface area (Å²) in [6.07, 6.45) is 3.07. The van der Waals surface area contributed by atoms with Gasteiger partial charge in [-0.15, -0.1) is 0 Å². The second-order valence-corrected chi connectivity index (χ2v) is 7.20. The van der Waals surface area contributed by atoms with Gasteiger partial charge in [0, 0.05) is 5.56 Å². The Bertz CT molecular complexity index is 1060. The molecule has 0 fully saturated rings. The standard InChI is InChI=1S/C19H14O4S.Na.H/c20-24(21,22)19(23-16-9-2-1-3-10-16)13-12-15-7-4-6-14-8-5-11-17(19)18(14)15;;/h1-13H,(H,20,21,22);;. The van der Waals surface area contributed by atoms with Crippen molar-refractivity contribution in [3.8, 4) is 5.75 Å². The quantitative estimate of drug-likeness (QED) is 0.573. The molecule has 1 aliphatic rings. The average molecular weight is 362 g/mol. The molecule has 3 aromatic rings. The molecule has 25 heavy (non-hydrogen) atoms. The van der Waals surface area contributed by atoms with Gasteiger partial charge in [-0.1, -0.05) is 60.7 Å². The molecule has 0 bridgehead atoms. The number of hydrogen-bond acceptors (Lipinski definition) is 3. The molecule has 0 radical (unpaired) electrons. The van der Waals surface area contributed by atoms with Crippen LogP contribution in [0.5, 0.6) is 5.75 Å². The zero-order valence-electron chi connectivity index (χ0n) is 12.6. The van der Waals surface area contributed by atoms with Crippen LogP contribution in [0.1, 0.15) is 11.1 Å². The molecule has 3 aromatic carbocycles. The molecule has 1 atom stereocenters. The van der Waals surface area contributed by atoms with Gasteiger partial charge in [0.05, 0.1) is 0 Å². The second-order valence-electron chi connectivity index (χ2n) is 5.64. The molecule has 1 N–H and O–H groups in total. The van der Waals surface area contributed by atoms with Crippen molar-refractivity contribution in [1.29, 1.82) is 0 Å². The summed E-state index contributed by atoms with van der Waals surface area (Å²) in [6, 6.07) is 19.6. The predicted octanol–water partition coefficient (Wildman–Crippen LogP) is 3.34. The summed E-state index contributed by atoms with van der Waals surface area (Å²) in [6.45, 7) is 0. The van der Waals surface area contributed by atoms with E-state index in [1.54, 1.807) is 48.5 Å². The summed E-state index contributed by atoms with van der Waals surface area (Å²) in [5.41, 5.74) is 1.29. The summed E-state index contributed by atoms with van der Waals surface area (Å²) in [5.74, 6) is 0.358. The minimum absolute atomic E-state index is 0. The first-order valence-corrected chi connectivity index (χ1v) is 8.88. The van der Waals surface area contributed by atoms with Crippen LogP contribution in [0, 0.1) is 0 Å². The van der Waals surface area contributed by atoms with Gasteiger partial charge in [0.2, 0.25) is 0 Å². The molecular formula is C19H15NaO4S. The Labute approximate surface area is 168 Å². The monoisotopic (exact) mass is 362 g/mol. The van der Waals surface area contributed by atoms with Crippen LogP contribution in [0.15, 0.2) is 72.8 Å². The Morgan fingerprint density at radius 2 is 1.56 bits per heavy atom. The third-order valence-corrected chi connectivity index (χ3v) is 5.40. The van der Waals surface area contributed by atoms with Gasteiger partial charge in [0.15, 0.2) is 0 Å². The van der Waals surface area contributed by atoms with Crippen LogP contribution in [0.2, 0.25) is 0 Å². The summed E-state index contributed by atoms with van der Waals surface area (Å²) in [4.78, 5) is -1.97. The van der Waals surface area contributed by atoms with Crippen LogP contribution >= 0.6 is 0 Å². The molecule has 0 amide bonds. The predicted molar refractivity (Wildman–Crippen MR) is 100 cm³/mol. The molecule has 0 spiro atoms. The molecule has 6 heteroatoms. The first kappa shape index (κ1) is 18.2. The Morgan fingerprint density at radius 1 is 0.880 bits per heavy atom. The third kappa shape index (κ3) is 2.92. The first-order valence-electron chi connectivity index (χ1n) is 7.44. The fourth-order valence-electron chi connectivity index (χ4n) is 3.12. The topological polar surface area (TPSA) is 63.6 Å². The molecule has 1 aliphatic carbocycles. The van der Waals surface area contributed by atoms with Gasteiger partial charge < -0.3 is 4.74 Å². The van der Waals surface area contributed by atoms with Gasteiger partial charge in [-0.2, -0.15) is 8.42 Å². The van der Waals surface area contributed by atoms with E-state index < -0.39 is 15.1 Å². The SMILES string of the molecule is O=S(=O)(O)C1(Oc2ccccc2)C=Cc2cccc3cccc1c23.[NaH]. The summed E-state index contributed by atoms with van der Waals surface area (Å²) in [5, 5.41) is 1.65. The van der Waals surface area contributed by atoms with Crippen molar-refractivity contribution in [2.75, 3.05) is 0 Å². The van der Waals surface area contributed by atoms with Crippen LogP contribution < -0.4 is 4.74 Å². The maximum atomic E-state index is 12.3. The normalized spacial score (nSPS) is 18.6. The van der Waals surface area contributed by atoms with Crippen molar-refractivity contribution >= 4 is 56.5 Å². The van der Waals surface area contributed by atoms with Crippen molar-refractivity contribution < 1.29 is 17.7 Å².